The van der Waals surface area contributed by atoms with Gasteiger partial charge in [-0.2, -0.15) is 0 Å². The van der Waals surface area contributed by atoms with Crippen molar-refractivity contribution < 1.29 is 19.1 Å². The van der Waals surface area contributed by atoms with Crippen molar-refractivity contribution in [1.29, 1.82) is 0 Å². The van der Waals surface area contributed by atoms with Crippen molar-refractivity contribution in [2.75, 3.05) is 20.3 Å². The molecule has 0 aliphatic rings. The van der Waals surface area contributed by atoms with Crippen molar-refractivity contribution >= 4 is 22.9 Å². The van der Waals surface area contributed by atoms with Crippen molar-refractivity contribution in [3.8, 4) is 5.75 Å². The molecule has 0 bridgehead atoms. The SMILES string of the molecule is CCCNC(=O)c1c(OCC)c2c(C)ccc(C)c2n1C(=O)OC. The van der Waals surface area contributed by atoms with Gasteiger partial charge in [-0.1, -0.05) is 19.1 Å². The summed E-state index contributed by atoms with van der Waals surface area (Å²) < 4.78 is 12.0. The van der Waals surface area contributed by atoms with Crippen LogP contribution in [-0.2, 0) is 4.74 Å². The Balaban J connectivity index is 2.87. The van der Waals surface area contributed by atoms with Gasteiger partial charge in [0.1, 0.15) is 0 Å². The molecule has 0 saturated carbocycles. The first-order valence-corrected chi connectivity index (χ1v) is 8.11. The summed E-state index contributed by atoms with van der Waals surface area (Å²) in [7, 11) is 1.30. The highest BCUT2D eigenvalue weighted by Gasteiger charge is 2.29. The molecule has 1 aromatic heterocycles. The second-order valence-electron chi connectivity index (χ2n) is 5.60. The molecule has 1 aromatic carbocycles. The van der Waals surface area contributed by atoms with Gasteiger partial charge in [0.25, 0.3) is 5.91 Å². The van der Waals surface area contributed by atoms with Gasteiger partial charge in [-0.3, -0.25) is 4.79 Å². The van der Waals surface area contributed by atoms with E-state index in [2.05, 4.69) is 5.32 Å². The van der Waals surface area contributed by atoms with E-state index in [-0.39, 0.29) is 11.6 Å². The number of aromatic nitrogens is 1. The molecular weight excluding hydrogens is 308 g/mol. The zero-order valence-corrected chi connectivity index (χ0v) is 14.9. The summed E-state index contributed by atoms with van der Waals surface area (Å²) in [4.78, 5) is 25.1. The Morgan fingerprint density at radius 3 is 2.42 bits per heavy atom. The molecule has 0 radical (unpaired) electrons. The van der Waals surface area contributed by atoms with E-state index in [4.69, 9.17) is 9.47 Å². The van der Waals surface area contributed by atoms with Crippen LogP contribution < -0.4 is 10.1 Å². The van der Waals surface area contributed by atoms with Crippen LogP contribution in [-0.4, -0.2) is 36.8 Å². The molecule has 0 spiro atoms. The first kappa shape index (κ1) is 17.8. The number of methoxy groups -OCH3 is 1. The molecule has 1 heterocycles. The minimum atomic E-state index is -0.610. The van der Waals surface area contributed by atoms with Crippen LogP contribution in [0, 0.1) is 13.8 Å². The van der Waals surface area contributed by atoms with E-state index < -0.39 is 6.09 Å². The number of hydrogen-bond acceptors (Lipinski definition) is 4. The maximum atomic E-state index is 12.7. The van der Waals surface area contributed by atoms with Crippen LogP contribution in [0.1, 0.15) is 41.9 Å². The van der Waals surface area contributed by atoms with Gasteiger partial charge in [0, 0.05) is 11.9 Å². The molecule has 1 N–H and O–H groups in total. The first-order valence-electron chi connectivity index (χ1n) is 8.11. The lowest BCUT2D eigenvalue weighted by atomic mass is 10.1. The predicted molar refractivity (Wildman–Crippen MR) is 93.0 cm³/mol. The summed E-state index contributed by atoms with van der Waals surface area (Å²) in [6.07, 6.45) is 0.188. The smallest absolute Gasteiger partial charge is 0.419 e. The number of fused-ring (bicyclic) bond motifs is 1. The highest BCUT2D eigenvalue weighted by atomic mass is 16.5. The largest absolute Gasteiger partial charge is 0.491 e. The quantitative estimate of drug-likeness (QED) is 0.911. The zero-order chi connectivity index (χ0) is 17.9. The lowest BCUT2D eigenvalue weighted by Gasteiger charge is -2.10. The third kappa shape index (κ3) is 2.96. The van der Waals surface area contributed by atoms with Crippen molar-refractivity contribution in [2.24, 2.45) is 0 Å². The molecule has 2 aromatic rings. The minimum Gasteiger partial charge on any atom is -0.491 e. The molecule has 0 unspecified atom stereocenters. The van der Waals surface area contributed by atoms with Crippen LogP contribution in [0.4, 0.5) is 4.79 Å². The van der Waals surface area contributed by atoms with Gasteiger partial charge in [0.05, 0.1) is 19.2 Å². The van der Waals surface area contributed by atoms with Crippen LogP contribution in [0.25, 0.3) is 10.9 Å². The van der Waals surface area contributed by atoms with Gasteiger partial charge in [-0.25, -0.2) is 9.36 Å². The van der Waals surface area contributed by atoms with Crippen LogP contribution in [0.3, 0.4) is 0 Å². The maximum Gasteiger partial charge on any atom is 0.419 e. The summed E-state index contributed by atoms with van der Waals surface area (Å²) >= 11 is 0. The molecule has 24 heavy (non-hydrogen) atoms. The second kappa shape index (κ2) is 7.38. The third-order valence-corrected chi connectivity index (χ3v) is 3.87. The summed E-state index contributed by atoms with van der Waals surface area (Å²) in [5, 5.41) is 3.59. The first-order chi connectivity index (χ1) is 11.5. The Kier molecular flexibility index (Phi) is 5.49. The number of carbonyl (C=O) groups excluding carboxylic acids is 2. The van der Waals surface area contributed by atoms with Gasteiger partial charge in [0.2, 0.25) is 0 Å². The highest BCUT2D eigenvalue weighted by Crippen LogP contribution is 2.37. The molecule has 2 rings (SSSR count). The van der Waals surface area contributed by atoms with E-state index >= 15 is 0 Å². The molecule has 6 nitrogen and oxygen atoms in total. The normalized spacial score (nSPS) is 10.7. The fourth-order valence-electron chi connectivity index (χ4n) is 2.79. The Labute approximate surface area is 141 Å². The molecule has 0 atom stereocenters. The van der Waals surface area contributed by atoms with Crippen molar-refractivity contribution in [1.82, 2.24) is 9.88 Å². The third-order valence-electron chi connectivity index (χ3n) is 3.87. The lowest BCUT2D eigenvalue weighted by molar-refractivity contribution is 0.0937. The van der Waals surface area contributed by atoms with E-state index in [0.29, 0.717) is 24.4 Å². The molecule has 6 heteroatoms. The van der Waals surface area contributed by atoms with Crippen molar-refractivity contribution in [3.63, 3.8) is 0 Å². The number of aryl methyl sites for hydroxylation is 2. The van der Waals surface area contributed by atoms with E-state index in [9.17, 15) is 9.59 Å². The van der Waals surface area contributed by atoms with Gasteiger partial charge < -0.3 is 14.8 Å². The lowest BCUT2D eigenvalue weighted by Crippen LogP contribution is -2.29. The highest BCUT2D eigenvalue weighted by molar-refractivity contribution is 6.10. The molecule has 1 amide bonds. The van der Waals surface area contributed by atoms with E-state index in [1.54, 1.807) is 0 Å². The van der Waals surface area contributed by atoms with Crippen LogP contribution >= 0.6 is 0 Å². The summed E-state index contributed by atoms with van der Waals surface area (Å²) in [5.41, 5.74) is 2.64. The minimum absolute atomic E-state index is 0.185. The maximum absolute atomic E-state index is 12.7. The van der Waals surface area contributed by atoms with Gasteiger partial charge in [-0.05, 0) is 38.3 Å². The predicted octanol–water partition coefficient (Wildman–Crippen LogP) is 3.41. The van der Waals surface area contributed by atoms with Crippen molar-refractivity contribution in [3.05, 3.63) is 29.0 Å². The van der Waals surface area contributed by atoms with E-state index in [1.807, 2.05) is 39.8 Å². The van der Waals surface area contributed by atoms with Crippen LogP contribution in [0.15, 0.2) is 12.1 Å². The fourth-order valence-corrected chi connectivity index (χ4v) is 2.79. The number of carbonyl (C=O) groups is 2. The van der Waals surface area contributed by atoms with E-state index in [0.717, 1.165) is 22.9 Å². The zero-order valence-electron chi connectivity index (χ0n) is 14.9. The molecular formula is C18H24N2O4. The Morgan fingerprint density at radius 1 is 1.17 bits per heavy atom. The average Bonchev–Trinajstić information content (AvgIpc) is 2.92. The molecule has 130 valence electrons. The number of nitrogens with zero attached hydrogens (tertiary/aromatic N) is 1. The van der Waals surface area contributed by atoms with Crippen LogP contribution in [0.2, 0.25) is 0 Å². The summed E-state index contributed by atoms with van der Waals surface area (Å²) in [5.74, 6) is 0.0772. The fraction of sp³-hybridized carbons (Fsp3) is 0.444. The molecule has 0 saturated heterocycles. The Morgan fingerprint density at radius 2 is 1.83 bits per heavy atom. The number of rotatable bonds is 5. The molecule has 0 fully saturated rings. The number of benzene rings is 1. The summed E-state index contributed by atoms with van der Waals surface area (Å²) in [6, 6.07) is 3.87. The monoisotopic (exact) mass is 332 g/mol. The van der Waals surface area contributed by atoms with E-state index in [1.165, 1.54) is 11.7 Å². The average molecular weight is 332 g/mol. The van der Waals surface area contributed by atoms with Gasteiger partial charge in [-0.15, -0.1) is 0 Å². The number of hydrogen-bond donors (Lipinski definition) is 1. The Bertz CT molecular complexity index is 777. The molecule has 0 aliphatic carbocycles. The molecule has 0 aliphatic heterocycles. The Hall–Kier alpha value is -2.50. The number of nitrogens with one attached hydrogen (secondary N) is 1. The number of ether oxygens (including phenoxy) is 2. The van der Waals surface area contributed by atoms with Gasteiger partial charge in [0.15, 0.2) is 11.4 Å². The summed E-state index contributed by atoms with van der Waals surface area (Å²) in [6.45, 7) is 8.55. The second-order valence-corrected chi connectivity index (χ2v) is 5.60. The topological polar surface area (TPSA) is 69.6 Å². The van der Waals surface area contributed by atoms with Crippen LogP contribution in [0.5, 0.6) is 5.75 Å². The van der Waals surface area contributed by atoms with Crippen molar-refractivity contribution in [2.45, 2.75) is 34.1 Å². The number of amides is 1. The van der Waals surface area contributed by atoms with Gasteiger partial charge >= 0.3 is 6.09 Å². The standard InChI is InChI=1S/C18H24N2O4/c1-6-10-19-17(21)15-16(24-7-2)13-11(3)8-9-12(4)14(13)20(15)18(22)23-5/h8-9H,6-7,10H2,1-5H3,(H,19,21).